The highest BCUT2D eigenvalue weighted by atomic mass is 16.3. The van der Waals surface area contributed by atoms with Crippen molar-refractivity contribution >= 4 is 80.6 Å². The number of aryl methyl sites for hydroxylation is 2. The van der Waals surface area contributed by atoms with E-state index in [1.54, 1.807) is 20.8 Å². The molecule has 0 bridgehead atoms. The Bertz CT molecular complexity index is 1030. The zero-order chi connectivity index (χ0) is 77.9. The largest absolute Gasteiger partial charge is 0.394 e. The first kappa shape index (κ1) is 191. The zero-order valence-corrected chi connectivity index (χ0v) is 66.4. The molecule has 0 saturated carbocycles. The van der Waals surface area contributed by atoms with Crippen LogP contribution in [0.3, 0.4) is 0 Å². The van der Waals surface area contributed by atoms with Gasteiger partial charge in [0.2, 0.25) is 5.91 Å². The number of aliphatic hydroxyl groups excluding tert-OH is 1. The van der Waals surface area contributed by atoms with Gasteiger partial charge >= 0.3 is 0 Å². The molecule has 2 aromatic rings. The summed E-state index contributed by atoms with van der Waals surface area (Å²) in [6.07, 6.45) is 9.71. The van der Waals surface area contributed by atoms with Crippen LogP contribution in [0.15, 0.2) is 60.7 Å². The van der Waals surface area contributed by atoms with Gasteiger partial charge in [0.05, 0.1) is 0 Å². The molecule has 0 radical (unpaired) electrons. The lowest BCUT2D eigenvalue weighted by molar-refractivity contribution is -0.129. The van der Waals surface area contributed by atoms with Crippen LogP contribution in [0.25, 0.3) is 0 Å². The molecule has 1 heterocycles. The Hall–Kier alpha value is -6.20. The first-order valence-electron chi connectivity index (χ1n) is 28.8. The Morgan fingerprint density at radius 3 is 0.548 bits per heavy atom. The number of carbonyl (C=O) groups excluding carboxylic acids is 12. The van der Waals surface area contributed by atoms with Gasteiger partial charge in [0, 0.05) is 33.3 Å². The van der Waals surface area contributed by atoms with E-state index in [2.05, 4.69) is 201 Å². The van der Waals surface area contributed by atoms with E-state index < -0.39 is 0 Å². The molecule has 25 nitrogen and oxygen atoms in total. The summed E-state index contributed by atoms with van der Waals surface area (Å²) in [6, 6.07) is 20.9. The maximum absolute atomic E-state index is 10.7. The van der Waals surface area contributed by atoms with Crippen molar-refractivity contribution in [2.75, 3.05) is 55.4 Å². The van der Waals surface area contributed by atoms with Gasteiger partial charge in [-0.3, -0.25) is 4.79 Å². The summed E-state index contributed by atoms with van der Waals surface area (Å²) in [5.74, 6) is 4.55. The molecule has 590 valence electrons. The Morgan fingerprint density at radius 1 is 0.366 bits per heavy atom. The molecular formula is C68H180N12O13. The lowest BCUT2D eigenvalue weighted by Crippen LogP contribution is -2.33. The Labute approximate surface area is 585 Å². The van der Waals surface area contributed by atoms with Crippen molar-refractivity contribution in [3.05, 3.63) is 71.8 Å². The second-order valence-electron chi connectivity index (χ2n) is 16.2. The maximum atomic E-state index is 10.7. The van der Waals surface area contributed by atoms with Crippen LogP contribution in [0.2, 0.25) is 0 Å². The lowest BCUT2D eigenvalue weighted by Gasteiger charge is -2.24. The third-order valence-electron chi connectivity index (χ3n) is 6.75. The van der Waals surface area contributed by atoms with E-state index in [1.165, 1.54) is 91.9 Å². The monoisotopic (exact) mass is 1370 g/mol. The Morgan fingerprint density at radius 2 is 0.484 bits per heavy atom. The minimum absolute atomic E-state index is 0. The molecule has 0 unspecified atom stereocenters. The maximum Gasteiger partial charge on any atom is 0.219 e. The van der Waals surface area contributed by atoms with Crippen molar-refractivity contribution < 1.29 is 69.8 Å². The normalized spacial score (nSPS) is 7.13. The van der Waals surface area contributed by atoms with Crippen LogP contribution in [0, 0.1) is 29.6 Å². The number of nitrogens with zero attached hydrogens (tertiary/aromatic N) is 1. The zero-order valence-electron chi connectivity index (χ0n) is 66.4. The molecule has 28 N–H and O–H groups in total. The van der Waals surface area contributed by atoms with Crippen molar-refractivity contribution in [2.45, 2.75) is 210 Å². The van der Waals surface area contributed by atoms with Crippen LogP contribution in [0.5, 0.6) is 0 Å². The molecule has 1 amide bonds. The van der Waals surface area contributed by atoms with Crippen molar-refractivity contribution in [3.63, 3.8) is 0 Å². The van der Waals surface area contributed by atoms with E-state index >= 15 is 0 Å². The predicted molar refractivity (Wildman–Crippen MR) is 428 cm³/mol. The van der Waals surface area contributed by atoms with Gasteiger partial charge in [-0.25, -0.2) is 0 Å². The number of amides is 1. The highest BCUT2D eigenvalue weighted by Gasteiger charge is 2.11. The van der Waals surface area contributed by atoms with E-state index in [0.29, 0.717) is 0 Å². The number of benzene rings is 2. The van der Waals surface area contributed by atoms with Crippen molar-refractivity contribution in [2.24, 2.45) is 64.0 Å². The molecule has 3 rings (SSSR count). The van der Waals surface area contributed by atoms with Crippen LogP contribution in [0.1, 0.15) is 209 Å². The van der Waals surface area contributed by atoms with E-state index in [-0.39, 0.29) is 49.9 Å². The average Bonchev–Trinajstić information content (AvgIpc) is 3.61. The van der Waals surface area contributed by atoms with Crippen molar-refractivity contribution in [1.82, 2.24) is 35.7 Å². The quantitative estimate of drug-likeness (QED) is 0.132. The Kier molecular flexibility index (Phi) is 661. The highest BCUT2D eigenvalue weighted by Crippen LogP contribution is 2.07. The molecule has 1 aliphatic heterocycles. The SMILES string of the molecule is C=O.C=O.C=O.C=O.C=O.C=O.C=O.C=O.C=O.C=O.C=O.CC.CC(=O)N1CCCCC1.CC(C)C.CC(C)C.CC(C)O.CCC(C)C.CCC(C)C.CCC(C)C.CCc1ccccc1.CCc1ccccc1.CN.CN.CN.CN.CN.CN.N.N.N.N.N.[HH].[HH].[HH].[HH].[HH]. The number of hydrogen-bond acceptors (Lipinski definition) is 24. The molecule has 1 aliphatic rings. The van der Waals surface area contributed by atoms with Crippen LogP contribution in [-0.2, 0) is 70.4 Å². The second kappa shape index (κ2) is 322. The molecule has 1 fully saturated rings. The molecule has 93 heavy (non-hydrogen) atoms. The summed E-state index contributed by atoms with van der Waals surface area (Å²) < 4.78 is 0. The summed E-state index contributed by atoms with van der Waals surface area (Å²) in [5, 5.41) is 8.06. The van der Waals surface area contributed by atoms with Gasteiger partial charge in [-0.1, -0.05) is 211 Å². The van der Waals surface area contributed by atoms with Crippen LogP contribution >= 0.6 is 0 Å². The third-order valence-corrected chi connectivity index (χ3v) is 6.75. The number of piperidine rings is 1. The number of hydrogen-bond donors (Lipinski definition) is 12. The van der Waals surface area contributed by atoms with E-state index in [9.17, 15) is 4.79 Å². The highest BCUT2D eigenvalue weighted by molar-refractivity contribution is 5.73. The molecule has 0 aliphatic carbocycles. The fourth-order valence-electron chi connectivity index (χ4n) is 2.64. The summed E-state index contributed by atoms with van der Waals surface area (Å²) in [4.78, 5) is 101. The molecule has 0 aromatic heterocycles. The van der Waals surface area contributed by atoms with Crippen LogP contribution < -0.4 is 65.2 Å². The lowest BCUT2D eigenvalue weighted by atomic mass is 10.1. The molecule has 1 saturated heterocycles. The first-order valence-corrected chi connectivity index (χ1v) is 28.8. The summed E-state index contributed by atoms with van der Waals surface area (Å²) >= 11 is 0. The number of nitrogens with two attached hydrogens (primary N) is 6. The number of aliphatic hydroxyl groups is 1. The van der Waals surface area contributed by atoms with E-state index in [0.717, 1.165) is 55.5 Å². The first-order chi connectivity index (χ1) is 42.2. The van der Waals surface area contributed by atoms with Gasteiger partial charge in [-0.15, -0.1) is 0 Å². The van der Waals surface area contributed by atoms with E-state index in [4.69, 9.17) is 57.8 Å². The van der Waals surface area contributed by atoms with Crippen LogP contribution in [0.4, 0.5) is 0 Å². The number of likely N-dealkylation sites (tertiary alicyclic amines) is 1. The minimum atomic E-state index is -0.167. The fraction of sp³-hybridized carbons (Fsp3) is 0.647. The van der Waals surface area contributed by atoms with Crippen molar-refractivity contribution in [3.8, 4) is 0 Å². The van der Waals surface area contributed by atoms with Gasteiger partial charge in [0.15, 0.2) is 0 Å². The fourth-order valence-corrected chi connectivity index (χ4v) is 2.64. The predicted octanol–water partition coefficient (Wildman–Crippen LogP) is 13.9. The van der Waals surface area contributed by atoms with Crippen molar-refractivity contribution in [1.29, 1.82) is 0 Å². The molecule has 25 heteroatoms. The van der Waals surface area contributed by atoms with E-state index in [1.807, 2.05) is 106 Å². The van der Waals surface area contributed by atoms with Gasteiger partial charge in [-0.2, -0.15) is 0 Å². The number of rotatable bonds is 5. The minimum Gasteiger partial charge on any atom is -0.394 e. The van der Waals surface area contributed by atoms with Gasteiger partial charge in [0.25, 0.3) is 0 Å². The second-order valence-corrected chi connectivity index (χ2v) is 16.2. The van der Waals surface area contributed by atoms with Gasteiger partial charge < -0.3 is 128 Å². The summed E-state index contributed by atoms with van der Waals surface area (Å²) in [7, 11) is 9.00. The molecule has 2 aromatic carbocycles. The molecule has 0 atom stereocenters. The number of carbonyl (C=O) groups is 12. The topological polar surface area (TPSA) is 559 Å². The molecular weight excluding hydrogens is 1190 g/mol. The summed E-state index contributed by atoms with van der Waals surface area (Å²) in [6.45, 7) is 70.3. The average molecular weight is 1370 g/mol. The van der Waals surface area contributed by atoms with Gasteiger partial charge in [0.1, 0.15) is 74.7 Å². The Balaban J connectivity index is -0.0000000138. The smallest absolute Gasteiger partial charge is 0.219 e. The third kappa shape index (κ3) is 596. The van der Waals surface area contributed by atoms with Gasteiger partial charge in [-0.05, 0) is 129 Å². The van der Waals surface area contributed by atoms with Crippen LogP contribution in [-0.4, -0.2) is 152 Å². The standard InChI is InChI=1S/2C8H10.C7H13NO.3C5H12.2C4H10.C3H8O.C2H6.6CH5N.11CH2O.5H3N.5H2/c2*1-2-8-6-4-3-5-7-8;1-7(9)8-5-3-2-4-6-8;3*1-4-5(2)3;2*1-4(2)3;1-3(2)4;18*1-2;;;;;;;;;;/h2*3-7H,2H2,1H3;2-6H2,1H3;3*5H,4H2,1-3H3;2*4H,1-3H3;3-4H,1-2H3;1-2H3;6*2H2,1H3;11*1H2;5*1H3;5*1H. The summed E-state index contributed by atoms with van der Waals surface area (Å²) in [5.41, 5.74) is 29.8. The molecule has 0 spiro atoms.